The minimum Gasteiger partial charge on any atom is -0.465 e. The van der Waals surface area contributed by atoms with Gasteiger partial charge in [-0.1, -0.05) is 11.6 Å². The van der Waals surface area contributed by atoms with Gasteiger partial charge in [-0.25, -0.2) is 4.79 Å². The second-order valence-electron chi connectivity index (χ2n) is 4.49. The summed E-state index contributed by atoms with van der Waals surface area (Å²) < 4.78 is 6.49. The van der Waals surface area contributed by atoms with Gasteiger partial charge in [-0.3, -0.25) is 0 Å². The first-order chi connectivity index (χ1) is 10.0. The molecule has 2 aromatic rings. The Labute approximate surface area is 127 Å². The number of nitriles is 1. The summed E-state index contributed by atoms with van der Waals surface area (Å²) in [5, 5.41) is 12.5. The van der Waals surface area contributed by atoms with Gasteiger partial charge in [0.1, 0.15) is 11.8 Å². The van der Waals surface area contributed by atoms with Crippen LogP contribution in [-0.2, 0) is 18.3 Å². The molecule has 0 bridgehead atoms. The molecule has 1 aromatic heterocycles. The molecule has 6 heteroatoms. The molecule has 0 aliphatic carbocycles. The number of halogens is 1. The van der Waals surface area contributed by atoms with Crippen LogP contribution in [0.4, 0.5) is 5.69 Å². The Morgan fingerprint density at radius 2 is 2.24 bits per heavy atom. The first-order valence-corrected chi connectivity index (χ1v) is 6.60. The normalized spacial score (nSPS) is 10.0. The van der Waals surface area contributed by atoms with E-state index in [4.69, 9.17) is 21.6 Å². The maximum absolute atomic E-state index is 11.7. The number of ether oxygens (including phenoxy) is 1. The Kier molecular flexibility index (Phi) is 4.51. The van der Waals surface area contributed by atoms with E-state index in [0.29, 0.717) is 28.5 Å². The van der Waals surface area contributed by atoms with Gasteiger partial charge in [-0.05, 0) is 29.8 Å². The molecule has 0 aliphatic rings. The number of aryl methyl sites for hydroxylation is 1. The lowest BCUT2D eigenvalue weighted by molar-refractivity contribution is 0.0602. The van der Waals surface area contributed by atoms with Gasteiger partial charge in [0.25, 0.3) is 0 Å². The van der Waals surface area contributed by atoms with Gasteiger partial charge in [0.2, 0.25) is 0 Å². The lowest BCUT2D eigenvalue weighted by Gasteiger charge is -2.10. The molecule has 1 aromatic carbocycles. The van der Waals surface area contributed by atoms with Crippen LogP contribution >= 0.6 is 11.6 Å². The number of anilines is 1. The van der Waals surface area contributed by atoms with E-state index in [0.717, 1.165) is 5.56 Å². The molecule has 0 spiro atoms. The molecular weight excluding hydrogens is 290 g/mol. The fraction of sp³-hybridized carbons (Fsp3) is 0.200. The van der Waals surface area contributed by atoms with Crippen molar-refractivity contribution in [3.8, 4) is 6.07 Å². The van der Waals surface area contributed by atoms with Crippen molar-refractivity contribution in [2.75, 3.05) is 12.4 Å². The first-order valence-electron chi connectivity index (χ1n) is 6.22. The molecule has 0 amide bonds. The van der Waals surface area contributed by atoms with E-state index in [-0.39, 0.29) is 0 Å². The predicted octanol–water partition coefficient (Wildman–Crippen LogP) is 2.95. The topological polar surface area (TPSA) is 67.0 Å². The van der Waals surface area contributed by atoms with Crippen LogP contribution in [-0.4, -0.2) is 17.6 Å². The smallest absolute Gasteiger partial charge is 0.340 e. The number of aromatic nitrogens is 1. The largest absolute Gasteiger partial charge is 0.465 e. The highest BCUT2D eigenvalue weighted by molar-refractivity contribution is 6.31. The zero-order valence-corrected chi connectivity index (χ0v) is 12.4. The number of nitrogens with one attached hydrogen (secondary N) is 1. The first kappa shape index (κ1) is 14.9. The molecule has 108 valence electrons. The van der Waals surface area contributed by atoms with Crippen molar-refractivity contribution in [2.45, 2.75) is 6.54 Å². The SMILES string of the molecule is COC(=O)c1cc(Cl)ccc1NCc1cc(C#N)n(C)c1. The van der Waals surface area contributed by atoms with E-state index in [9.17, 15) is 4.79 Å². The molecule has 21 heavy (non-hydrogen) atoms. The molecule has 1 N–H and O–H groups in total. The highest BCUT2D eigenvalue weighted by Crippen LogP contribution is 2.22. The molecule has 1 heterocycles. The summed E-state index contributed by atoms with van der Waals surface area (Å²) in [5.41, 5.74) is 2.53. The van der Waals surface area contributed by atoms with Crippen molar-refractivity contribution in [2.24, 2.45) is 7.05 Å². The zero-order chi connectivity index (χ0) is 15.4. The number of esters is 1. The van der Waals surface area contributed by atoms with Crippen LogP contribution in [0.5, 0.6) is 0 Å². The van der Waals surface area contributed by atoms with Crippen LogP contribution in [0.15, 0.2) is 30.5 Å². The molecule has 2 rings (SSSR count). The van der Waals surface area contributed by atoms with E-state index >= 15 is 0 Å². The number of hydrogen-bond acceptors (Lipinski definition) is 4. The van der Waals surface area contributed by atoms with Crippen molar-refractivity contribution in [3.05, 3.63) is 52.3 Å². The van der Waals surface area contributed by atoms with Crippen molar-refractivity contribution >= 4 is 23.3 Å². The Bertz CT molecular complexity index is 716. The summed E-state index contributed by atoms with van der Waals surface area (Å²) in [5.74, 6) is -0.453. The van der Waals surface area contributed by atoms with E-state index in [1.165, 1.54) is 7.11 Å². The number of hydrogen-bond donors (Lipinski definition) is 1. The number of nitrogens with zero attached hydrogens (tertiary/aromatic N) is 2. The van der Waals surface area contributed by atoms with Gasteiger partial charge in [0, 0.05) is 30.5 Å². The summed E-state index contributed by atoms with van der Waals surface area (Å²) in [6.07, 6.45) is 1.86. The van der Waals surface area contributed by atoms with E-state index in [1.54, 1.807) is 28.8 Å². The van der Waals surface area contributed by atoms with Gasteiger partial charge in [-0.2, -0.15) is 5.26 Å². The molecule has 0 atom stereocenters. The third-order valence-electron chi connectivity index (χ3n) is 3.05. The molecule has 5 nitrogen and oxygen atoms in total. The van der Waals surface area contributed by atoms with Crippen molar-refractivity contribution in [1.29, 1.82) is 5.26 Å². The molecule has 0 aliphatic heterocycles. The average Bonchev–Trinajstić information content (AvgIpc) is 2.85. The van der Waals surface area contributed by atoms with Gasteiger partial charge in [0.15, 0.2) is 0 Å². The molecule has 0 saturated heterocycles. The second-order valence-corrected chi connectivity index (χ2v) is 4.93. The average molecular weight is 304 g/mol. The van der Waals surface area contributed by atoms with E-state index in [1.807, 2.05) is 13.2 Å². The Balaban J connectivity index is 2.19. The van der Waals surface area contributed by atoms with Crippen LogP contribution in [0.3, 0.4) is 0 Å². The van der Waals surface area contributed by atoms with Crippen molar-refractivity contribution < 1.29 is 9.53 Å². The summed E-state index contributed by atoms with van der Waals surface area (Å²) in [7, 11) is 3.13. The standard InChI is InChI=1S/C15H14ClN3O2/c1-19-9-10(5-12(19)7-17)8-18-14-4-3-11(16)6-13(14)15(20)21-2/h3-6,9,18H,8H2,1-2H3. The van der Waals surface area contributed by atoms with Crippen LogP contribution in [0.2, 0.25) is 5.02 Å². The molecule has 0 fully saturated rings. The molecule has 0 radical (unpaired) electrons. The fourth-order valence-corrected chi connectivity index (χ4v) is 2.16. The monoisotopic (exact) mass is 303 g/mol. The lowest BCUT2D eigenvalue weighted by atomic mass is 10.1. The maximum Gasteiger partial charge on any atom is 0.340 e. The van der Waals surface area contributed by atoms with Gasteiger partial charge < -0.3 is 14.6 Å². The summed E-state index contributed by atoms with van der Waals surface area (Å²) in [4.78, 5) is 11.7. The van der Waals surface area contributed by atoms with Crippen LogP contribution in [0.25, 0.3) is 0 Å². The fourth-order valence-electron chi connectivity index (χ4n) is 1.99. The van der Waals surface area contributed by atoms with E-state index in [2.05, 4.69) is 11.4 Å². The quantitative estimate of drug-likeness (QED) is 0.882. The highest BCUT2D eigenvalue weighted by atomic mass is 35.5. The molecular formula is C15H14ClN3O2. The summed E-state index contributed by atoms with van der Waals surface area (Å²) in [6.45, 7) is 0.487. The predicted molar refractivity (Wildman–Crippen MR) is 80.2 cm³/mol. The summed E-state index contributed by atoms with van der Waals surface area (Å²) in [6, 6.07) is 8.87. The lowest BCUT2D eigenvalue weighted by Crippen LogP contribution is -2.08. The van der Waals surface area contributed by atoms with Gasteiger partial charge in [-0.15, -0.1) is 0 Å². The number of carbonyl (C=O) groups is 1. The molecule has 0 unspecified atom stereocenters. The number of carbonyl (C=O) groups excluding carboxylic acids is 1. The number of rotatable bonds is 4. The maximum atomic E-state index is 11.7. The van der Waals surface area contributed by atoms with Gasteiger partial charge >= 0.3 is 5.97 Å². The third-order valence-corrected chi connectivity index (χ3v) is 3.28. The van der Waals surface area contributed by atoms with E-state index < -0.39 is 5.97 Å². The van der Waals surface area contributed by atoms with Gasteiger partial charge in [0.05, 0.1) is 12.7 Å². The van der Waals surface area contributed by atoms with Crippen LogP contribution in [0.1, 0.15) is 21.6 Å². The minimum atomic E-state index is -0.453. The second kappa shape index (κ2) is 6.33. The highest BCUT2D eigenvalue weighted by Gasteiger charge is 2.12. The molecule has 0 saturated carbocycles. The summed E-state index contributed by atoms with van der Waals surface area (Å²) >= 11 is 5.90. The van der Waals surface area contributed by atoms with Crippen LogP contribution < -0.4 is 5.32 Å². The Hall–Kier alpha value is -2.45. The number of methoxy groups -OCH3 is 1. The minimum absolute atomic E-state index is 0.376. The van der Waals surface area contributed by atoms with Crippen molar-refractivity contribution in [3.63, 3.8) is 0 Å². The Morgan fingerprint density at radius 1 is 1.48 bits per heavy atom. The third kappa shape index (κ3) is 3.36. The zero-order valence-electron chi connectivity index (χ0n) is 11.7. The van der Waals surface area contributed by atoms with Crippen molar-refractivity contribution in [1.82, 2.24) is 4.57 Å². The number of benzene rings is 1. The Morgan fingerprint density at radius 3 is 2.86 bits per heavy atom. The van der Waals surface area contributed by atoms with Crippen LogP contribution in [0, 0.1) is 11.3 Å².